The van der Waals surface area contributed by atoms with Crippen LogP contribution in [0.15, 0.2) is 11.6 Å². The van der Waals surface area contributed by atoms with E-state index in [1.54, 1.807) is 0 Å². The van der Waals surface area contributed by atoms with Crippen molar-refractivity contribution in [2.24, 2.45) is 46.3 Å². The molecule has 0 aromatic heterocycles. The minimum absolute atomic E-state index is 0.155. The van der Waals surface area contributed by atoms with Crippen LogP contribution in [0.2, 0.25) is 0 Å². The minimum Gasteiger partial charge on any atom is -0.393 e. The fourth-order valence-electron chi connectivity index (χ4n) is 9.72. The van der Waals surface area contributed by atoms with Crippen LogP contribution < -0.4 is 0 Å². The van der Waals surface area contributed by atoms with E-state index in [-0.39, 0.29) is 17.3 Å². The lowest BCUT2D eigenvalue weighted by Crippen LogP contribution is -2.56. The minimum atomic E-state index is -0.420. The Morgan fingerprint density at radius 2 is 1.84 bits per heavy atom. The van der Waals surface area contributed by atoms with Gasteiger partial charge in [-0.15, -0.1) is 0 Å². The summed E-state index contributed by atoms with van der Waals surface area (Å²) in [6.07, 6.45) is 10.2. The summed E-state index contributed by atoms with van der Waals surface area (Å²) in [6.45, 7) is 10.4. The van der Waals surface area contributed by atoms with Crippen molar-refractivity contribution in [3.8, 4) is 0 Å². The Morgan fingerprint density at radius 3 is 2.58 bits per heavy atom. The molecule has 4 aliphatic carbocycles. The number of hydrogen-bond donors (Lipinski definition) is 2. The Morgan fingerprint density at radius 1 is 1.03 bits per heavy atom. The molecule has 4 heteroatoms. The first-order valence-electron chi connectivity index (χ1n) is 13.1. The highest BCUT2D eigenvalue weighted by Crippen LogP contribution is 2.70. The van der Waals surface area contributed by atoms with Crippen LogP contribution in [0.5, 0.6) is 0 Å². The van der Waals surface area contributed by atoms with Gasteiger partial charge in [-0.05, 0) is 73.5 Å². The lowest BCUT2D eigenvalue weighted by Gasteiger charge is -2.59. The molecular weight excluding hydrogens is 388 g/mol. The van der Waals surface area contributed by atoms with Crippen molar-refractivity contribution in [3.63, 3.8) is 0 Å². The number of ether oxygens (including phenoxy) is 2. The van der Waals surface area contributed by atoms with Gasteiger partial charge < -0.3 is 19.7 Å². The summed E-state index contributed by atoms with van der Waals surface area (Å²) in [4.78, 5) is 0. The van der Waals surface area contributed by atoms with Gasteiger partial charge in [0.2, 0.25) is 0 Å². The highest BCUT2D eigenvalue weighted by molar-refractivity contribution is 5.28. The van der Waals surface area contributed by atoms with Gasteiger partial charge in [0, 0.05) is 24.2 Å². The molecule has 174 valence electrons. The molecule has 2 heterocycles. The summed E-state index contributed by atoms with van der Waals surface area (Å²) in [6, 6.07) is 0. The molecule has 2 N–H and O–H groups in total. The normalized spacial score (nSPS) is 60.7. The number of rotatable bonds is 0. The fraction of sp³-hybridized carbons (Fsp3) is 0.926. The molecule has 0 radical (unpaired) electrons. The first-order valence-corrected chi connectivity index (χ1v) is 13.1. The summed E-state index contributed by atoms with van der Waals surface area (Å²) in [5.74, 6) is 3.17. The van der Waals surface area contributed by atoms with Crippen molar-refractivity contribution in [2.45, 2.75) is 103 Å². The van der Waals surface area contributed by atoms with Gasteiger partial charge in [-0.1, -0.05) is 39.3 Å². The zero-order valence-electron chi connectivity index (χ0n) is 19.8. The van der Waals surface area contributed by atoms with Gasteiger partial charge in [0.15, 0.2) is 5.79 Å². The van der Waals surface area contributed by atoms with Gasteiger partial charge in [0.1, 0.15) is 0 Å². The Labute approximate surface area is 187 Å². The molecular formula is C27H42O4. The van der Waals surface area contributed by atoms with Crippen LogP contribution >= 0.6 is 0 Å². The maximum absolute atomic E-state index is 11.1. The maximum atomic E-state index is 11.1. The summed E-state index contributed by atoms with van der Waals surface area (Å²) >= 11 is 0. The standard InChI is InChI=1S/C27H42O4/c1-15-7-10-27(30-14-15)16(2)24-22(31-27)13-21-19-6-5-17-11-18(28)12-23(29)26(17,4)20(19)8-9-25(21,24)3/h5,15-16,18-24,28-29H,6-14H2,1-4H3/t15?,16-,18+,19+,20-,21-,22-,23+,24-,25-,26-,27+/m1/s1. The second-order valence-electron chi connectivity index (χ2n) is 12.8. The van der Waals surface area contributed by atoms with E-state index in [1.807, 2.05) is 0 Å². The smallest absolute Gasteiger partial charge is 0.171 e. The van der Waals surface area contributed by atoms with Gasteiger partial charge in [-0.2, -0.15) is 0 Å². The number of fused-ring (bicyclic) bond motifs is 7. The van der Waals surface area contributed by atoms with Gasteiger partial charge >= 0.3 is 0 Å². The Bertz CT molecular complexity index is 769. The van der Waals surface area contributed by atoms with Gasteiger partial charge in [-0.25, -0.2) is 0 Å². The van der Waals surface area contributed by atoms with Crippen molar-refractivity contribution < 1.29 is 19.7 Å². The number of hydrogen-bond acceptors (Lipinski definition) is 4. The third-order valence-electron chi connectivity index (χ3n) is 11.4. The molecule has 2 saturated heterocycles. The van der Waals surface area contributed by atoms with Crippen LogP contribution in [0.25, 0.3) is 0 Å². The second kappa shape index (κ2) is 6.81. The number of aliphatic hydroxyl groups excluding tert-OH is 2. The van der Waals surface area contributed by atoms with E-state index < -0.39 is 6.10 Å². The van der Waals surface area contributed by atoms with Crippen LogP contribution in [0.1, 0.15) is 79.1 Å². The SMILES string of the molecule is CC1CC[C@]2(OC1)O[C@@H]1C[C@@H]3[C@H]4CC=C5C[C@H](O)C[C@H](O)[C@@]5(C)[C@@H]4CC[C@@]3(C)[C@@H]1[C@H]2C. The Balaban J connectivity index is 1.29. The maximum Gasteiger partial charge on any atom is 0.171 e. The second-order valence-corrected chi connectivity index (χ2v) is 12.8. The highest BCUT2D eigenvalue weighted by atomic mass is 16.7. The first-order chi connectivity index (χ1) is 14.7. The molecule has 6 aliphatic rings. The topological polar surface area (TPSA) is 58.9 Å². The predicted octanol–water partition coefficient (Wildman–Crippen LogP) is 4.68. The zero-order chi connectivity index (χ0) is 21.8. The van der Waals surface area contributed by atoms with Crippen LogP contribution in [-0.2, 0) is 9.47 Å². The Kier molecular flexibility index (Phi) is 4.64. The van der Waals surface area contributed by atoms with Gasteiger partial charge in [-0.3, -0.25) is 0 Å². The van der Waals surface area contributed by atoms with Crippen molar-refractivity contribution in [1.29, 1.82) is 0 Å². The van der Waals surface area contributed by atoms with Gasteiger partial charge in [0.05, 0.1) is 24.9 Å². The van der Waals surface area contributed by atoms with E-state index in [2.05, 4.69) is 33.8 Å². The molecule has 5 fully saturated rings. The van der Waals surface area contributed by atoms with E-state index in [0.717, 1.165) is 32.3 Å². The molecule has 1 unspecified atom stereocenters. The van der Waals surface area contributed by atoms with Crippen molar-refractivity contribution in [2.75, 3.05) is 6.61 Å². The molecule has 31 heavy (non-hydrogen) atoms. The van der Waals surface area contributed by atoms with Crippen molar-refractivity contribution in [3.05, 3.63) is 11.6 Å². The van der Waals surface area contributed by atoms with Crippen LogP contribution in [-0.4, -0.2) is 40.9 Å². The number of allylic oxidation sites excluding steroid dienone is 1. The molecule has 1 spiro atoms. The fourth-order valence-corrected chi connectivity index (χ4v) is 9.72. The Hall–Kier alpha value is -0.420. The molecule has 6 rings (SSSR count). The predicted molar refractivity (Wildman–Crippen MR) is 119 cm³/mol. The molecule has 0 bridgehead atoms. The van der Waals surface area contributed by atoms with Crippen molar-refractivity contribution >= 4 is 0 Å². The average molecular weight is 431 g/mol. The summed E-state index contributed by atoms with van der Waals surface area (Å²) in [5, 5.41) is 21.4. The lowest BCUT2D eigenvalue weighted by molar-refractivity contribution is -0.272. The van der Waals surface area contributed by atoms with E-state index >= 15 is 0 Å². The summed E-state index contributed by atoms with van der Waals surface area (Å²) in [5.41, 5.74) is 1.48. The van der Waals surface area contributed by atoms with Crippen molar-refractivity contribution in [1.82, 2.24) is 0 Å². The third-order valence-corrected chi connectivity index (χ3v) is 11.4. The molecule has 0 aromatic carbocycles. The van der Waals surface area contributed by atoms with Crippen LogP contribution in [0, 0.1) is 46.3 Å². The highest BCUT2D eigenvalue weighted by Gasteiger charge is 2.69. The van der Waals surface area contributed by atoms with Crippen LogP contribution in [0.3, 0.4) is 0 Å². The molecule has 0 aromatic rings. The first kappa shape index (κ1) is 21.1. The molecule has 0 amide bonds. The molecule has 2 aliphatic heterocycles. The molecule has 12 atom stereocenters. The average Bonchev–Trinajstić information content (AvgIpc) is 3.16. The third kappa shape index (κ3) is 2.68. The van der Waals surface area contributed by atoms with Crippen LogP contribution in [0.4, 0.5) is 0 Å². The summed E-state index contributed by atoms with van der Waals surface area (Å²) in [7, 11) is 0. The van der Waals surface area contributed by atoms with Gasteiger partial charge in [0.25, 0.3) is 0 Å². The van der Waals surface area contributed by atoms with E-state index in [4.69, 9.17) is 9.47 Å². The van der Waals surface area contributed by atoms with E-state index in [1.165, 1.54) is 24.8 Å². The zero-order valence-corrected chi connectivity index (χ0v) is 19.8. The molecule has 3 saturated carbocycles. The lowest BCUT2D eigenvalue weighted by atomic mass is 9.46. The summed E-state index contributed by atoms with van der Waals surface area (Å²) < 4.78 is 13.3. The monoisotopic (exact) mass is 430 g/mol. The van der Waals surface area contributed by atoms with E-state index in [9.17, 15) is 10.2 Å². The van der Waals surface area contributed by atoms with E-state index in [0.29, 0.717) is 53.4 Å². The quantitative estimate of drug-likeness (QED) is 0.548. The largest absolute Gasteiger partial charge is 0.393 e. The number of aliphatic hydroxyl groups is 2. The molecule has 4 nitrogen and oxygen atoms in total.